The fourth-order valence-corrected chi connectivity index (χ4v) is 2.22. The van der Waals surface area contributed by atoms with E-state index >= 15 is 0 Å². The average Bonchev–Trinajstić information content (AvgIpc) is 3.06. The molecule has 1 atom stereocenters. The largest absolute Gasteiger partial charge is 0.481 e. The van der Waals surface area contributed by atoms with Gasteiger partial charge in [0.25, 0.3) is 5.91 Å². The van der Waals surface area contributed by atoms with Crippen molar-refractivity contribution in [1.29, 1.82) is 0 Å². The predicted molar refractivity (Wildman–Crippen MR) is 93.5 cm³/mol. The number of carbonyl (C=O) groups excluding carboxylic acids is 1. The average molecular weight is 321 g/mol. The number of aryl methyl sites for hydroxylation is 1. The van der Waals surface area contributed by atoms with Crippen molar-refractivity contribution >= 4 is 11.7 Å². The van der Waals surface area contributed by atoms with E-state index in [1.165, 1.54) is 0 Å². The van der Waals surface area contributed by atoms with Gasteiger partial charge in [-0.1, -0.05) is 35.9 Å². The number of hydrogen-bond donors (Lipinski definition) is 1. The van der Waals surface area contributed by atoms with Gasteiger partial charge in [-0.05, 0) is 38.1 Å². The Labute approximate surface area is 140 Å². The lowest BCUT2D eigenvalue weighted by Crippen LogP contribution is -2.30. The molecule has 24 heavy (non-hydrogen) atoms. The Hall–Kier alpha value is -3.08. The molecule has 0 aliphatic heterocycles. The van der Waals surface area contributed by atoms with E-state index in [1.807, 2.05) is 61.5 Å². The number of rotatable bonds is 5. The fourth-order valence-electron chi connectivity index (χ4n) is 2.22. The summed E-state index contributed by atoms with van der Waals surface area (Å²) in [5.74, 6) is 0.912. The molecular weight excluding hydrogens is 302 g/mol. The van der Waals surface area contributed by atoms with Gasteiger partial charge in [-0.3, -0.25) is 4.79 Å². The first-order chi connectivity index (χ1) is 11.6. The molecule has 0 aliphatic rings. The molecule has 1 amide bonds. The third-order valence-corrected chi connectivity index (χ3v) is 3.56. The van der Waals surface area contributed by atoms with Crippen LogP contribution in [0.4, 0.5) is 5.82 Å². The molecule has 0 spiro atoms. The van der Waals surface area contributed by atoms with E-state index in [9.17, 15) is 4.79 Å². The van der Waals surface area contributed by atoms with Gasteiger partial charge in [0.05, 0.1) is 5.69 Å². The molecule has 2 aromatic carbocycles. The van der Waals surface area contributed by atoms with E-state index < -0.39 is 6.10 Å². The molecule has 0 radical (unpaired) electrons. The first-order valence-electron chi connectivity index (χ1n) is 7.77. The maximum absolute atomic E-state index is 12.2. The topological polar surface area (TPSA) is 56.1 Å². The van der Waals surface area contributed by atoms with Crippen LogP contribution in [-0.2, 0) is 4.79 Å². The highest BCUT2D eigenvalue weighted by Crippen LogP contribution is 2.15. The van der Waals surface area contributed by atoms with Crippen LogP contribution in [0, 0.1) is 6.92 Å². The van der Waals surface area contributed by atoms with Gasteiger partial charge in [-0.25, -0.2) is 4.68 Å². The molecule has 0 unspecified atom stereocenters. The number of benzene rings is 2. The SMILES string of the molecule is Cc1ccc(O[C@H](C)C(=O)Nc2ccn(-c3ccccc3)n2)cc1. The molecular formula is C19H19N3O2. The van der Waals surface area contributed by atoms with Gasteiger partial charge in [0.1, 0.15) is 5.75 Å². The molecule has 1 heterocycles. The second-order valence-corrected chi connectivity index (χ2v) is 5.54. The molecule has 0 fully saturated rings. The van der Waals surface area contributed by atoms with Crippen LogP contribution in [0.15, 0.2) is 66.9 Å². The standard InChI is InChI=1S/C19H19N3O2/c1-14-8-10-17(11-9-14)24-15(2)19(23)20-18-12-13-22(21-18)16-6-4-3-5-7-16/h3-13,15H,1-2H3,(H,20,21,23)/t15-/m1/s1. The van der Waals surface area contributed by atoms with E-state index in [-0.39, 0.29) is 5.91 Å². The van der Waals surface area contributed by atoms with E-state index in [0.29, 0.717) is 11.6 Å². The van der Waals surface area contributed by atoms with Crippen molar-refractivity contribution < 1.29 is 9.53 Å². The van der Waals surface area contributed by atoms with E-state index in [4.69, 9.17) is 4.74 Å². The van der Waals surface area contributed by atoms with Crippen LogP contribution < -0.4 is 10.1 Å². The Morgan fingerprint density at radius 3 is 2.50 bits per heavy atom. The predicted octanol–water partition coefficient (Wildman–Crippen LogP) is 3.59. The Morgan fingerprint density at radius 2 is 1.79 bits per heavy atom. The summed E-state index contributed by atoms with van der Waals surface area (Å²) in [6, 6.07) is 19.1. The zero-order chi connectivity index (χ0) is 16.9. The molecule has 0 saturated carbocycles. The number of nitrogens with one attached hydrogen (secondary N) is 1. The Kier molecular flexibility index (Phi) is 4.61. The van der Waals surface area contributed by atoms with Gasteiger partial charge in [-0.15, -0.1) is 0 Å². The van der Waals surface area contributed by atoms with Crippen LogP contribution in [-0.4, -0.2) is 21.8 Å². The molecule has 3 aromatic rings. The second kappa shape index (κ2) is 7.00. The number of carbonyl (C=O) groups is 1. The van der Waals surface area contributed by atoms with Crippen LogP contribution in [0.3, 0.4) is 0 Å². The lowest BCUT2D eigenvalue weighted by Gasteiger charge is -2.13. The zero-order valence-corrected chi connectivity index (χ0v) is 13.6. The molecule has 122 valence electrons. The summed E-state index contributed by atoms with van der Waals surface area (Å²) in [7, 11) is 0. The van der Waals surface area contributed by atoms with Crippen LogP contribution in [0.25, 0.3) is 5.69 Å². The van der Waals surface area contributed by atoms with Crippen molar-refractivity contribution in [2.24, 2.45) is 0 Å². The van der Waals surface area contributed by atoms with Gasteiger partial charge in [0, 0.05) is 12.3 Å². The Morgan fingerprint density at radius 1 is 1.08 bits per heavy atom. The smallest absolute Gasteiger partial charge is 0.266 e. The summed E-state index contributed by atoms with van der Waals surface area (Å²) in [6.07, 6.45) is 1.19. The van der Waals surface area contributed by atoms with Gasteiger partial charge < -0.3 is 10.1 Å². The first-order valence-corrected chi connectivity index (χ1v) is 7.77. The number of aromatic nitrogens is 2. The second-order valence-electron chi connectivity index (χ2n) is 5.54. The van der Waals surface area contributed by atoms with E-state index in [2.05, 4.69) is 10.4 Å². The number of ether oxygens (including phenoxy) is 1. The fraction of sp³-hybridized carbons (Fsp3) is 0.158. The third kappa shape index (κ3) is 3.81. The summed E-state index contributed by atoms with van der Waals surface area (Å²) in [4.78, 5) is 12.2. The number of anilines is 1. The lowest BCUT2D eigenvalue weighted by molar-refractivity contribution is -0.122. The molecule has 3 rings (SSSR count). The van der Waals surface area contributed by atoms with Crippen molar-refractivity contribution in [3.05, 3.63) is 72.4 Å². The molecule has 0 bridgehead atoms. The minimum absolute atomic E-state index is 0.242. The van der Waals surface area contributed by atoms with Crippen molar-refractivity contribution in [2.75, 3.05) is 5.32 Å². The van der Waals surface area contributed by atoms with Crippen LogP contribution in [0.1, 0.15) is 12.5 Å². The molecule has 1 aromatic heterocycles. The number of para-hydroxylation sites is 1. The lowest BCUT2D eigenvalue weighted by atomic mass is 10.2. The van der Waals surface area contributed by atoms with Gasteiger partial charge in [0.15, 0.2) is 11.9 Å². The maximum atomic E-state index is 12.2. The Balaban J connectivity index is 1.62. The van der Waals surface area contributed by atoms with Gasteiger partial charge >= 0.3 is 0 Å². The highest BCUT2D eigenvalue weighted by Gasteiger charge is 2.16. The number of amides is 1. The summed E-state index contributed by atoms with van der Waals surface area (Å²) < 4.78 is 7.36. The summed E-state index contributed by atoms with van der Waals surface area (Å²) in [5, 5.41) is 7.12. The molecule has 0 aliphatic carbocycles. The van der Waals surface area contributed by atoms with Crippen LogP contribution in [0.2, 0.25) is 0 Å². The molecule has 1 N–H and O–H groups in total. The van der Waals surface area contributed by atoms with Gasteiger partial charge in [0.2, 0.25) is 0 Å². The quantitative estimate of drug-likeness (QED) is 0.781. The van der Waals surface area contributed by atoms with E-state index in [1.54, 1.807) is 23.9 Å². The van der Waals surface area contributed by atoms with Crippen LogP contribution >= 0.6 is 0 Å². The van der Waals surface area contributed by atoms with Crippen LogP contribution in [0.5, 0.6) is 5.75 Å². The highest BCUT2D eigenvalue weighted by molar-refractivity contribution is 5.93. The zero-order valence-electron chi connectivity index (χ0n) is 13.6. The van der Waals surface area contributed by atoms with Crippen molar-refractivity contribution in [2.45, 2.75) is 20.0 Å². The molecule has 0 saturated heterocycles. The summed E-state index contributed by atoms with van der Waals surface area (Å²) in [6.45, 7) is 3.71. The van der Waals surface area contributed by atoms with Crippen molar-refractivity contribution in [1.82, 2.24) is 9.78 Å². The van der Waals surface area contributed by atoms with Gasteiger partial charge in [-0.2, -0.15) is 5.10 Å². The normalized spacial score (nSPS) is 11.8. The summed E-state index contributed by atoms with van der Waals surface area (Å²) in [5.41, 5.74) is 2.08. The molecule has 5 heteroatoms. The van der Waals surface area contributed by atoms with Crippen molar-refractivity contribution in [3.8, 4) is 11.4 Å². The first kappa shape index (κ1) is 15.8. The van der Waals surface area contributed by atoms with E-state index in [0.717, 1.165) is 11.3 Å². The monoisotopic (exact) mass is 321 g/mol. The van der Waals surface area contributed by atoms with Crippen molar-refractivity contribution in [3.63, 3.8) is 0 Å². The minimum atomic E-state index is -0.616. The molecule has 5 nitrogen and oxygen atoms in total. The third-order valence-electron chi connectivity index (χ3n) is 3.56. The highest BCUT2D eigenvalue weighted by atomic mass is 16.5. The number of nitrogens with zero attached hydrogens (tertiary/aromatic N) is 2. The summed E-state index contributed by atoms with van der Waals surface area (Å²) >= 11 is 0. The maximum Gasteiger partial charge on any atom is 0.266 e. The minimum Gasteiger partial charge on any atom is -0.481 e. The number of hydrogen-bond acceptors (Lipinski definition) is 3. The Bertz CT molecular complexity index is 810.